The van der Waals surface area contributed by atoms with Gasteiger partial charge < -0.3 is 15.8 Å². The molecule has 0 unspecified atom stereocenters. The summed E-state index contributed by atoms with van der Waals surface area (Å²) < 4.78 is 24.5. The van der Waals surface area contributed by atoms with Crippen LogP contribution in [0.2, 0.25) is 0 Å². The van der Waals surface area contributed by atoms with Gasteiger partial charge >= 0.3 is 5.82 Å². The zero-order chi connectivity index (χ0) is 12.5. The third kappa shape index (κ3) is 1.87. The van der Waals surface area contributed by atoms with Gasteiger partial charge in [-0.2, -0.15) is 0 Å². The number of nitrogens with zero attached hydrogens (tertiary/aromatic N) is 1. The number of alkyl halides is 2. The van der Waals surface area contributed by atoms with Gasteiger partial charge in [0.05, 0.1) is 0 Å². The van der Waals surface area contributed by atoms with Crippen molar-refractivity contribution in [2.75, 3.05) is 0 Å². The summed E-state index contributed by atoms with van der Waals surface area (Å²) in [5.74, 6) is -2.43. The van der Waals surface area contributed by atoms with Crippen molar-refractivity contribution >= 4 is 11.7 Å². The molecule has 1 aromatic rings. The Morgan fingerprint density at radius 1 is 1.56 bits per heavy atom. The fraction of sp³-hybridized carbons (Fsp3) is 0.143. The van der Waals surface area contributed by atoms with Gasteiger partial charge in [0.2, 0.25) is 5.43 Å². The highest BCUT2D eigenvalue weighted by Crippen LogP contribution is 2.18. The van der Waals surface area contributed by atoms with Crippen LogP contribution in [0.15, 0.2) is 11.0 Å². The molecule has 0 atom stereocenters. The van der Waals surface area contributed by atoms with E-state index in [1.807, 2.05) is 4.98 Å². The summed E-state index contributed by atoms with van der Waals surface area (Å²) in [6, 6.07) is 0. The molecule has 1 heterocycles. The highest BCUT2D eigenvalue weighted by Gasteiger charge is 2.26. The number of aromatic nitrogens is 1. The van der Waals surface area contributed by atoms with E-state index >= 15 is 0 Å². The van der Waals surface area contributed by atoms with Crippen molar-refractivity contribution in [2.45, 2.75) is 6.43 Å². The first kappa shape index (κ1) is 11.8. The van der Waals surface area contributed by atoms with Crippen molar-refractivity contribution in [3.8, 4) is 0 Å². The molecule has 0 fully saturated rings. The van der Waals surface area contributed by atoms with E-state index < -0.39 is 39.6 Å². The molecule has 0 aliphatic rings. The number of pyridine rings is 1. The number of hydrogen-bond donors (Lipinski definition) is 2. The van der Waals surface area contributed by atoms with Crippen LogP contribution in [0, 0.1) is 10.1 Å². The van der Waals surface area contributed by atoms with Gasteiger partial charge in [-0.25, -0.2) is 13.8 Å². The first-order valence-electron chi connectivity index (χ1n) is 3.84. The van der Waals surface area contributed by atoms with Crippen molar-refractivity contribution in [2.24, 2.45) is 5.73 Å². The molecule has 1 rings (SSSR count). The summed E-state index contributed by atoms with van der Waals surface area (Å²) in [6.45, 7) is 0. The molecular formula is C7H5F2N3O4. The second-order valence-corrected chi connectivity index (χ2v) is 2.72. The number of primary amides is 1. The summed E-state index contributed by atoms with van der Waals surface area (Å²) in [4.78, 5) is 33.2. The molecule has 1 aromatic heterocycles. The lowest BCUT2D eigenvalue weighted by molar-refractivity contribution is -0.389. The average molecular weight is 233 g/mol. The Balaban J connectivity index is 3.61. The molecule has 16 heavy (non-hydrogen) atoms. The van der Waals surface area contributed by atoms with E-state index in [9.17, 15) is 28.5 Å². The minimum atomic E-state index is -3.15. The van der Waals surface area contributed by atoms with Gasteiger partial charge in [-0.05, 0) is 4.92 Å². The lowest BCUT2D eigenvalue weighted by atomic mass is 10.1. The number of carbonyl (C=O) groups is 1. The lowest BCUT2D eigenvalue weighted by Gasteiger charge is -2.02. The van der Waals surface area contributed by atoms with E-state index in [4.69, 9.17) is 5.73 Å². The number of carbonyl (C=O) groups excluding carboxylic acids is 1. The van der Waals surface area contributed by atoms with Gasteiger partial charge in [0.15, 0.2) is 5.56 Å². The normalized spacial score (nSPS) is 10.4. The highest BCUT2D eigenvalue weighted by atomic mass is 19.3. The second-order valence-electron chi connectivity index (χ2n) is 2.72. The van der Waals surface area contributed by atoms with E-state index in [0.29, 0.717) is 6.20 Å². The minimum Gasteiger partial charge on any atom is -0.365 e. The van der Waals surface area contributed by atoms with Gasteiger partial charge in [-0.15, -0.1) is 0 Å². The molecule has 0 spiro atoms. The summed E-state index contributed by atoms with van der Waals surface area (Å²) in [7, 11) is 0. The number of hydrogen-bond acceptors (Lipinski definition) is 4. The van der Waals surface area contributed by atoms with Crippen LogP contribution in [-0.2, 0) is 0 Å². The van der Waals surface area contributed by atoms with Crippen LogP contribution in [0.5, 0.6) is 0 Å². The van der Waals surface area contributed by atoms with Crippen LogP contribution in [0.25, 0.3) is 0 Å². The highest BCUT2D eigenvalue weighted by molar-refractivity contribution is 5.96. The zero-order valence-corrected chi connectivity index (χ0v) is 7.57. The van der Waals surface area contributed by atoms with E-state index in [2.05, 4.69) is 0 Å². The van der Waals surface area contributed by atoms with Crippen LogP contribution >= 0.6 is 0 Å². The zero-order valence-electron chi connectivity index (χ0n) is 7.57. The van der Waals surface area contributed by atoms with Crippen LogP contribution in [0.1, 0.15) is 22.3 Å². The van der Waals surface area contributed by atoms with Crippen molar-refractivity contribution in [1.82, 2.24) is 4.98 Å². The van der Waals surface area contributed by atoms with Gasteiger partial charge in [-0.3, -0.25) is 9.59 Å². The molecule has 7 nitrogen and oxygen atoms in total. The molecule has 0 aliphatic heterocycles. The maximum absolute atomic E-state index is 12.3. The Labute approximate surface area is 86.0 Å². The van der Waals surface area contributed by atoms with E-state index in [1.165, 1.54) is 0 Å². The largest absolute Gasteiger partial charge is 0.365 e. The molecule has 0 bridgehead atoms. The number of aromatic amines is 1. The standard InChI is InChI=1S/C7H5F2N3O4/c8-5(9)2-1-11-7(12(15)16)3(4(2)13)6(10)14/h1,5H,(H2,10,14)(H,11,13). The van der Waals surface area contributed by atoms with Gasteiger partial charge in [-0.1, -0.05) is 0 Å². The molecule has 0 radical (unpaired) electrons. The average Bonchev–Trinajstić information content (AvgIpc) is 2.15. The van der Waals surface area contributed by atoms with Crippen LogP contribution in [-0.4, -0.2) is 15.8 Å². The first-order valence-corrected chi connectivity index (χ1v) is 3.84. The fourth-order valence-corrected chi connectivity index (χ4v) is 1.07. The maximum Gasteiger partial charge on any atom is 0.337 e. The predicted molar refractivity (Wildman–Crippen MR) is 47.2 cm³/mol. The Bertz CT molecular complexity index is 511. The van der Waals surface area contributed by atoms with Gasteiger partial charge in [0.1, 0.15) is 11.8 Å². The summed E-state index contributed by atoms with van der Waals surface area (Å²) in [5.41, 5.74) is 1.15. The predicted octanol–water partition coefficient (Wildman–Crippen LogP) is 0.320. The molecule has 86 valence electrons. The molecule has 0 saturated carbocycles. The topological polar surface area (TPSA) is 119 Å². The third-order valence-corrected chi connectivity index (χ3v) is 1.75. The monoisotopic (exact) mass is 233 g/mol. The molecule has 1 amide bonds. The van der Waals surface area contributed by atoms with Gasteiger partial charge in [0, 0.05) is 0 Å². The summed E-state index contributed by atoms with van der Waals surface area (Å²) in [6.07, 6.45) is -2.67. The van der Waals surface area contributed by atoms with E-state index in [0.717, 1.165) is 0 Å². The summed E-state index contributed by atoms with van der Waals surface area (Å²) >= 11 is 0. The second kappa shape index (κ2) is 4.04. The number of amides is 1. The Hall–Kier alpha value is -2.32. The number of nitrogens with two attached hydrogens (primary N) is 1. The number of nitro groups is 1. The molecule has 9 heteroatoms. The Kier molecular flexibility index (Phi) is 2.97. The first-order chi connectivity index (χ1) is 7.36. The Morgan fingerprint density at radius 3 is 2.50 bits per heavy atom. The minimum absolute atomic E-state index is 0.484. The Morgan fingerprint density at radius 2 is 2.12 bits per heavy atom. The van der Waals surface area contributed by atoms with Crippen molar-refractivity contribution in [3.05, 3.63) is 37.7 Å². The van der Waals surface area contributed by atoms with Crippen molar-refractivity contribution < 1.29 is 18.5 Å². The number of rotatable bonds is 3. The molecule has 0 aliphatic carbocycles. The van der Waals surface area contributed by atoms with E-state index in [-0.39, 0.29) is 0 Å². The number of halogens is 2. The maximum atomic E-state index is 12.3. The van der Waals surface area contributed by atoms with Crippen molar-refractivity contribution in [3.63, 3.8) is 0 Å². The fourth-order valence-electron chi connectivity index (χ4n) is 1.07. The van der Waals surface area contributed by atoms with Crippen molar-refractivity contribution in [1.29, 1.82) is 0 Å². The van der Waals surface area contributed by atoms with Gasteiger partial charge in [0.25, 0.3) is 12.3 Å². The number of nitrogens with one attached hydrogen (secondary N) is 1. The molecule has 3 N–H and O–H groups in total. The third-order valence-electron chi connectivity index (χ3n) is 1.75. The van der Waals surface area contributed by atoms with Crippen LogP contribution < -0.4 is 11.2 Å². The van der Waals surface area contributed by atoms with Crippen LogP contribution in [0.4, 0.5) is 14.6 Å². The number of H-pyrrole nitrogens is 1. The molecule has 0 aromatic carbocycles. The quantitative estimate of drug-likeness (QED) is 0.576. The lowest BCUT2D eigenvalue weighted by Crippen LogP contribution is -2.26. The molecular weight excluding hydrogens is 228 g/mol. The van der Waals surface area contributed by atoms with E-state index in [1.54, 1.807) is 0 Å². The smallest absolute Gasteiger partial charge is 0.337 e. The summed E-state index contributed by atoms with van der Waals surface area (Å²) in [5, 5.41) is 10.4. The SMILES string of the molecule is NC(=O)c1c([N+](=O)[O-])[nH]cc(C(F)F)c1=O. The van der Waals surface area contributed by atoms with Crippen LogP contribution in [0.3, 0.4) is 0 Å². The molecule has 0 saturated heterocycles.